The van der Waals surface area contributed by atoms with Crippen LogP contribution in [-0.2, 0) is 6.54 Å². The maximum Gasteiger partial charge on any atom is 0.268 e. The Hall–Kier alpha value is -2.63. The molecule has 0 aliphatic carbocycles. The summed E-state index contributed by atoms with van der Waals surface area (Å²) in [5.41, 5.74) is 3.39. The third-order valence-electron chi connectivity index (χ3n) is 3.85. The molecule has 0 spiro atoms. The highest BCUT2D eigenvalue weighted by Gasteiger charge is 2.11. The van der Waals surface area contributed by atoms with Crippen LogP contribution in [0.25, 0.3) is 22.2 Å². The number of nitrogens with one attached hydrogen (secondary N) is 2. The molecule has 4 rings (SSSR count). The predicted molar refractivity (Wildman–Crippen MR) is 102 cm³/mol. The van der Waals surface area contributed by atoms with Gasteiger partial charge >= 0.3 is 0 Å². The van der Waals surface area contributed by atoms with Crippen LogP contribution in [0.1, 0.15) is 15.5 Å². The lowest BCUT2D eigenvalue weighted by atomic mass is 10.2. The van der Waals surface area contributed by atoms with Crippen molar-refractivity contribution in [2.75, 3.05) is 0 Å². The van der Waals surface area contributed by atoms with Crippen LogP contribution in [0.2, 0.25) is 5.02 Å². The zero-order chi connectivity index (χ0) is 17.2. The summed E-state index contributed by atoms with van der Waals surface area (Å²) in [5, 5.41) is 7.33. The van der Waals surface area contributed by atoms with Gasteiger partial charge in [0, 0.05) is 26.9 Å². The number of thiazole rings is 1. The van der Waals surface area contributed by atoms with Gasteiger partial charge in [-0.1, -0.05) is 41.9 Å². The van der Waals surface area contributed by atoms with Crippen LogP contribution in [0.3, 0.4) is 0 Å². The van der Waals surface area contributed by atoms with E-state index in [-0.39, 0.29) is 5.91 Å². The molecule has 0 unspecified atom stereocenters. The molecule has 0 saturated carbocycles. The Morgan fingerprint density at radius 3 is 2.84 bits per heavy atom. The zero-order valence-electron chi connectivity index (χ0n) is 13.1. The van der Waals surface area contributed by atoms with Gasteiger partial charge in [-0.25, -0.2) is 4.98 Å². The monoisotopic (exact) mass is 367 g/mol. The van der Waals surface area contributed by atoms with Crippen molar-refractivity contribution in [1.29, 1.82) is 0 Å². The number of nitrogens with zero attached hydrogens (tertiary/aromatic N) is 1. The third-order valence-corrected chi connectivity index (χ3v) is 4.93. The summed E-state index contributed by atoms with van der Waals surface area (Å²) in [6.45, 7) is 0.395. The number of aromatic nitrogens is 2. The van der Waals surface area contributed by atoms with Gasteiger partial charge in [0.1, 0.15) is 10.7 Å². The minimum Gasteiger partial charge on any atom is -0.351 e. The van der Waals surface area contributed by atoms with Crippen molar-refractivity contribution >= 4 is 39.7 Å². The van der Waals surface area contributed by atoms with E-state index in [0.29, 0.717) is 17.3 Å². The van der Waals surface area contributed by atoms with Gasteiger partial charge in [0.05, 0.1) is 12.2 Å². The summed E-state index contributed by atoms with van der Waals surface area (Å²) >= 11 is 7.52. The highest BCUT2D eigenvalue weighted by molar-refractivity contribution is 7.09. The van der Waals surface area contributed by atoms with Gasteiger partial charge in [-0.15, -0.1) is 11.3 Å². The summed E-state index contributed by atoms with van der Waals surface area (Å²) in [5.74, 6) is -0.163. The van der Waals surface area contributed by atoms with Crippen molar-refractivity contribution in [2.24, 2.45) is 0 Å². The second-order valence-electron chi connectivity index (χ2n) is 5.59. The first kappa shape index (κ1) is 15.9. The van der Waals surface area contributed by atoms with E-state index in [2.05, 4.69) is 15.3 Å². The lowest BCUT2D eigenvalue weighted by molar-refractivity contribution is 0.0946. The van der Waals surface area contributed by atoms with E-state index in [0.717, 1.165) is 27.2 Å². The number of carbonyl (C=O) groups is 1. The fourth-order valence-electron chi connectivity index (χ4n) is 2.61. The predicted octanol–water partition coefficient (Wildman–Crippen LogP) is 4.87. The quantitative estimate of drug-likeness (QED) is 0.540. The zero-order valence-corrected chi connectivity index (χ0v) is 14.7. The number of hydrogen-bond donors (Lipinski definition) is 2. The first-order chi connectivity index (χ1) is 12.2. The van der Waals surface area contributed by atoms with Gasteiger partial charge in [0.25, 0.3) is 5.91 Å². The van der Waals surface area contributed by atoms with Crippen molar-refractivity contribution < 1.29 is 4.79 Å². The van der Waals surface area contributed by atoms with Gasteiger partial charge in [-0.3, -0.25) is 4.79 Å². The van der Waals surface area contributed by atoms with Gasteiger partial charge in [0.2, 0.25) is 0 Å². The SMILES string of the molecule is O=C(NCc1nc(-c2ccccc2)cs1)c1cc2cc(Cl)ccc2[nH]1. The van der Waals surface area contributed by atoms with Crippen molar-refractivity contribution in [3.63, 3.8) is 0 Å². The molecule has 2 aromatic carbocycles. The first-order valence-corrected chi connectivity index (χ1v) is 9.01. The second-order valence-corrected chi connectivity index (χ2v) is 6.97. The normalized spacial score (nSPS) is 10.9. The largest absolute Gasteiger partial charge is 0.351 e. The molecule has 0 aliphatic rings. The van der Waals surface area contributed by atoms with Crippen molar-refractivity contribution in [2.45, 2.75) is 6.54 Å². The molecule has 124 valence electrons. The maximum atomic E-state index is 12.4. The average molecular weight is 368 g/mol. The molecule has 2 aromatic heterocycles. The molecular formula is C19H14ClN3OS. The van der Waals surface area contributed by atoms with Crippen LogP contribution in [0.5, 0.6) is 0 Å². The molecule has 0 atom stereocenters. The number of halogens is 1. The van der Waals surface area contributed by atoms with Crippen LogP contribution < -0.4 is 5.32 Å². The topological polar surface area (TPSA) is 57.8 Å². The Balaban J connectivity index is 1.45. The van der Waals surface area contributed by atoms with Gasteiger partial charge in [0.15, 0.2) is 0 Å². The van der Waals surface area contributed by atoms with Crippen LogP contribution in [0.15, 0.2) is 60.0 Å². The number of rotatable bonds is 4. The summed E-state index contributed by atoms with van der Waals surface area (Å²) in [7, 11) is 0. The van der Waals surface area contributed by atoms with Crippen LogP contribution in [0.4, 0.5) is 0 Å². The molecule has 1 amide bonds. The highest BCUT2D eigenvalue weighted by Crippen LogP contribution is 2.22. The molecule has 6 heteroatoms. The first-order valence-electron chi connectivity index (χ1n) is 7.75. The Labute approximate surface area is 153 Å². The third kappa shape index (κ3) is 3.43. The Morgan fingerprint density at radius 1 is 1.16 bits per heavy atom. The molecule has 0 aliphatic heterocycles. The number of carbonyl (C=O) groups excluding carboxylic acids is 1. The summed E-state index contributed by atoms with van der Waals surface area (Å²) < 4.78 is 0. The smallest absolute Gasteiger partial charge is 0.268 e. The molecule has 0 saturated heterocycles. The van der Waals surface area contributed by atoms with E-state index in [1.807, 2.05) is 47.8 Å². The molecule has 0 bridgehead atoms. The molecule has 0 radical (unpaired) electrons. The number of fused-ring (bicyclic) bond motifs is 1. The second kappa shape index (κ2) is 6.70. The van der Waals surface area contributed by atoms with Crippen LogP contribution >= 0.6 is 22.9 Å². The highest BCUT2D eigenvalue weighted by atomic mass is 35.5. The number of amides is 1. The standard InChI is InChI=1S/C19H14ClN3OS/c20-14-6-7-15-13(8-14)9-16(22-15)19(24)21-10-18-23-17(11-25-18)12-4-2-1-3-5-12/h1-9,11,22H,10H2,(H,21,24). The molecule has 2 N–H and O–H groups in total. The van der Waals surface area contributed by atoms with E-state index in [4.69, 9.17) is 11.6 Å². The molecule has 0 fully saturated rings. The minimum atomic E-state index is -0.163. The number of H-pyrrole nitrogens is 1. The minimum absolute atomic E-state index is 0.163. The Kier molecular flexibility index (Phi) is 4.26. The van der Waals surface area contributed by atoms with E-state index in [1.165, 1.54) is 11.3 Å². The van der Waals surface area contributed by atoms with E-state index >= 15 is 0 Å². The summed E-state index contributed by atoms with van der Waals surface area (Å²) in [6.07, 6.45) is 0. The lowest BCUT2D eigenvalue weighted by Gasteiger charge is -2.00. The molecule has 2 heterocycles. The average Bonchev–Trinajstić information content (AvgIpc) is 3.27. The summed E-state index contributed by atoms with van der Waals surface area (Å²) in [4.78, 5) is 20.0. The Bertz CT molecular complexity index is 1040. The number of hydrogen-bond acceptors (Lipinski definition) is 3. The van der Waals surface area contributed by atoms with E-state index in [9.17, 15) is 4.79 Å². The van der Waals surface area contributed by atoms with Gasteiger partial charge in [-0.05, 0) is 24.3 Å². The Morgan fingerprint density at radius 2 is 2.00 bits per heavy atom. The van der Waals surface area contributed by atoms with E-state index in [1.54, 1.807) is 12.1 Å². The van der Waals surface area contributed by atoms with Crippen LogP contribution in [-0.4, -0.2) is 15.9 Å². The number of aromatic amines is 1. The lowest BCUT2D eigenvalue weighted by Crippen LogP contribution is -2.22. The number of benzene rings is 2. The fraction of sp³-hybridized carbons (Fsp3) is 0.0526. The van der Waals surface area contributed by atoms with E-state index < -0.39 is 0 Å². The van der Waals surface area contributed by atoms with Crippen molar-refractivity contribution in [3.05, 3.63) is 75.7 Å². The fourth-order valence-corrected chi connectivity index (χ4v) is 3.53. The molecule has 4 aromatic rings. The van der Waals surface area contributed by atoms with Gasteiger partial charge in [-0.2, -0.15) is 0 Å². The summed E-state index contributed by atoms with van der Waals surface area (Å²) in [6, 6.07) is 17.3. The van der Waals surface area contributed by atoms with Crippen LogP contribution in [0, 0.1) is 0 Å². The van der Waals surface area contributed by atoms with Crippen molar-refractivity contribution in [3.8, 4) is 11.3 Å². The van der Waals surface area contributed by atoms with Crippen molar-refractivity contribution in [1.82, 2.24) is 15.3 Å². The molecular weight excluding hydrogens is 354 g/mol. The molecule has 25 heavy (non-hydrogen) atoms. The maximum absolute atomic E-state index is 12.4. The van der Waals surface area contributed by atoms with Gasteiger partial charge < -0.3 is 10.3 Å². The molecule has 4 nitrogen and oxygen atoms in total.